The summed E-state index contributed by atoms with van der Waals surface area (Å²) in [6, 6.07) is -1.04. The number of carbonyl (C=O) groups excluding carboxylic acids is 3. The number of H-pyrrole nitrogens is 1. The number of thiazole rings is 1. The molecule has 210 valence electrons. The van der Waals surface area contributed by atoms with Crippen LogP contribution in [0.5, 0.6) is 0 Å². The van der Waals surface area contributed by atoms with Gasteiger partial charge in [-0.1, -0.05) is 16.9 Å². The van der Waals surface area contributed by atoms with Crippen LogP contribution in [0.15, 0.2) is 48.0 Å². The fraction of sp³-hybridized carbons (Fsp3) is 0.250. The first-order valence-electron chi connectivity index (χ1n) is 10.9. The number of allylic oxidation sites excluding steroid dienone is 1. The second-order valence-electron chi connectivity index (χ2n) is 7.85. The van der Waals surface area contributed by atoms with Crippen LogP contribution in [0.25, 0.3) is 0 Å². The summed E-state index contributed by atoms with van der Waals surface area (Å²) >= 11 is 3.10. The maximum Gasteiger partial charge on any atom is 0.352 e. The summed E-state index contributed by atoms with van der Waals surface area (Å²) in [7, 11) is 1.23. The van der Waals surface area contributed by atoms with Crippen LogP contribution in [0.1, 0.15) is 5.69 Å². The molecule has 1 saturated heterocycles. The number of rotatable bonds is 10. The molecule has 2 aromatic rings. The zero-order chi connectivity index (χ0) is 29.1. The topological polar surface area (TPSA) is 258 Å². The summed E-state index contributed by atoms with van der Waals surface area (Å²) in [5.41, 5.74) is 8.58. The van der Waals surface area contributed by atoms with E-state index < -0.39 is 52.8 Å². The van der Waals surface area contributed by atoms with Crippen LogP contribution < -0.4 is 27.9 Å². The minimum Gasteiger partial charge on any atom is -0.477 e. The van der Waals surface area contributed by atoms with Crippen molar-refractivity contribution in [3.05, 3.63) is 54.5 Å². The highest BCUT2D eigenvalue weighted by Crippen LogP contribution is 2.41. The van der Waals surface area contributed by atoms with E-state index in [0.717, 1.165) is 32.6 Å². The van der Waals surface area contributed by atoms with Gasteiger partial charge < -0.3 is 26.7 Å². The number of carbonyl (C=O) groups is 4. The molecule has 0 saturated carbocycles. The van der Waals surface area contributed by atoms with Crippen LogP contribution in [-0.2, 0) is 30.6 Å². The number of hydrogen-bond donors (Lipinski definition) is 5. The number of nitrogen functional groups attached to an aromatic ring is 1. The van der Waals surface area contributed by atoms with E-state index in [0.29, 0.717) is 0 Å². The van der Waals surface area contributed by atoms with Gasteiger partial charge in [-0.15, -0.1) is 28.2 Å². The van der Waals surface area contributed by atoms with Gasteiger partial charge in [0.25, 0.3) is 11.8 Å². The van der Waals surface area contributed by atoms with Crippen molar-refractivity contribution in [3.63, 3.8) is 0 Å². The second kappa shape index (κ2) is 11.8. The first kappa shape index (κ1) is 28.6. The third kappa shape index (κ3) is 5.62. The highest BCUT2D eigenvalue weighted by atomic mass is 32.2. The molecule has 2 unspecified atom stereocenters. The molecule has 1 fully saturated rings. The van der Waals surface area contributed by atoms with Gasteiger partial charge in [0.15, 0.2) is 16.0 Å². The smallest absolute Gasteiger partial charge is 0.352 e. The van der Waals surface area contributed by atoms with Crippen LogP contribution in [0.3, 0.4) is 0 Å². The third-order valence-corrected chi connectivity index (χ3v) is 8.10. The maximum absolute atomic E-state index is 13.0. The van der Waals surface area contributed by atoms with Gasteiger partial charge in [-0.3, -0.25) is 33.4 Å². The molecule has 2 aliphatic rings. The lowest BCUT2D eigenvalue weighted by molar-refractivity contribution is -0.150. The van der Waals surface area contributed by atoms with E-state index >= 15 is 0 Å². The molecule has 3 amide bonds. The van der Waals surface area contributed by atoms with Crippen LogP contribution in [-0.4, -0.2) is 83.4 Å². The van der Waals surface area contributed by atoms with Gasteiger partial charge in [0.05, 0.1) is 0 Å². The first-order valence-corrected chi connectivity index (χ1v) is 13.7. The number of fused-ring (bicyclic) bond motifs is 1. The lowest BCUT2D eigenvalue weighted by Gasteiger charge is -2.49. The lowest BCUT2D eigenvalue weighted by Crippen LogP contribution is -2.71. The monoisotopic (exact) mass is 609 g/mol. The van der Waals surface area contributed by atoms with Gasteiger partial charge in [-0.25, -0.2) is 14.9 Å². The van der Waals surface area contributed by atoms with Crippen LogP contribution >= 0.6 is 34.9 Å². The molecule has 2 aliphatic heterocycles. The summed E-state index contributed by atoms with van der Waals surface area (Å²) in [6.45, 7) is -0.589. The number of hydrogen-bond acceptors (Lipinski definition) is 14. The normalized spacial score (nSPS) is 18.9. The van der Waals surface area contributed by atoms with Crippen molar-refractivity contribution in [1.29, 1.82) is 0 Å². The number of aliphatic carboxylic acids is 1. The van der Waals surface area contributed by atoms with E-state index in [1.54, 1.807) is 0 Å². The largest absolute Gasteiger partial charge is 0.477 e. The fourth-order valence-electron chi connectivity index (χ4n) is 3.65. The van der Waals surface area contributed by atoms with Crippen LogP contribution in [0, 0.1) is 0 Å². The Kier molecular flexibility index (Phi) is 8.40. The Hall–Kier alpha value is -4.43. The molecule has 4 rings (SSSR count). The Morgan fingerprint density at radius 3 is 2.75 bits per heavy atom. The number of nitrogens with zero attached hydrogens (tertiary/aromatic N) is 5. The molecule has 7 N–H and O–H groups in total. The molecule has 0 aromatic carbocycles. The second-order valence-corrected chi connectivity index (χ2v) is 10.7. The predicted octanol–water partition coefficient (Wildman–Crippen LogP) is -2.15. The number of nitrogens with two attached hydrogens (primary N) is 2. The highest BCUT2D eigenvalue weighted by Gasteiger charge is 2.54. The summed E-state index contributed by atoms with van der Waals surface area (Å²) in [5.74, 6) is -3.52. The standard InChI is InChI=1S/C20H19N9O8S3/c1-37-27-10(8-6-40-19(22)23-8)13(31)24-11-15(33)29-12(18(35)36)7(5-39-17(11)29)2-3-38-20-26-25-14(32)16(34)28(20)4-9(21)30/h2-3,6,11,17H,4-5H2,1H3,(H2,21,30)(H2,22,23)(H,24,31)(H,25,32)(H,35,36)/b3-2+,27-10+. The number of aromatic nitrogens is 4. The number of amides is 3. The van der Waals surface area contributed by atoms with Crippen molar-refractivity contribution in [2.24, 2.45) is 10.9 Å². The molecule has 2 aromatic heterocycles. The minimum absolute atomic E-state index is 0.0725. The summed E-state index contributed by atoms with van der Waals surface area (Å²) in [5, 5.41) is 24.1. The molecule has 4 heterocycles. The molecule has 0 aliphatic carbocycles. The Balaban J connectivity index is 1.52. The van der Waals surface area contributed by atoms with Gasteiger partial charge in [-0.05, 0) is 17.1 Å². The van der Waals surface area contributed by atoms with Crippen LogP contribution in [0.4, 0.5) is 5.13 Å². The van der Waals surface area contributed by atoms with Gasteiger partial charge in [0, 0.05) is 11.1 Å². The first-order chi connectivity index (χ1) is 19.0. The molecular weight excluding hydrogens is 590 g/mol. The van der Waals surface area contributed by atoms with Crippen molar-refractivity contribution in [1.82, 2.24) is 30.0 Å². The number of carboxylic acids is 1. The van der Waals surface area contributed by atoms with Gasteiger partial charge in [0.2, 0.25) is 5.91 Å². The third-order valence-electron chi connectivity index (χ3n) is 5.33. The van der Waals surface area contributed by atoms with Crippen molar-refractivity contribution in [2.75, 3.05) is 18.6 Å². The number of thioether (sulfide) groups is 2. The molecule has 40 heavy (non-hydrogen) atoms. The Morgan fingerprint density at radius 2 is 2.12 bits per heavy atom. The number of nitrogens with one attached hydrogen (secondary N) is 2. The van der Waals surface area contributed by atoms with Crippen molar-refractivity contribution in [2.45, 2.75) is 23.1 Å². The van der Waals surface area contributed by atoms with E-state index in [1.165, 1.54) is 35.7 Å². The SMILES string of the molecule is CO/N=C(/C(=O)NC1C(=O)N2C(C(=O)O)=C(/C=C/Sc3n[nH]c(=O)c(=O)n3CC(N)=O)CSC12)c1csc(N)n1. The average molecular weight is 610 g/mol. The molecule has 2 atom stereocenters. The summed E-state index contributed by atoms with van der Waals surface area (Å²) in [4.78, 5) is 82.6. The Labute approximate surface area is 235 Å². The quantitative estimate of drug-likeness (QED) is 0.0633. The van der Waals surface area contributed by atoms with E-state index in [4.69, 9.17) is 16.3 Å². The Bertz CT molecular complexity index is 1610. The number of oxime groups is 1. The molecule has 0 radical (unpaired) electrons. The molecule has 0 bridgehead atoms. The van der Waals surface area contributed by atoms with Gasteiger partial charge in [0.1, 0.15) is 36.5 Å². The Morgan fingerprint density at radius 1 is 1.38 bits per heavy atom. The molecule has 17 nitrogen and oxygen atoms in total. The zero-order valence-corrected chi connectivity index (χ0v) is 22.7. The fourth-order valence-corrected chi connectivity index (χ4v) is 6.24. The van der Waals surface area contributed by atoms with Gasteiger partial charge in [-0.2, -0.15) is 0 Å². The number of aromatic amines is 1. The van der Waals surface area contributed by atoms with Gasteiger partial charge >= 0.3 is 17.1 Å². The molecule has 0 spiro atoms. The van der Waals surface area contributed by atoms with E-state index in [-0.39, 0.29) is 38.7 Å². The van der Waals surface area contributed by atoms with Crippen molar-refractivity contribution < 1.29 is 29.1 Å². The summed E-state index contributed by atoms with van der Waals surface area (Å²) in [6.07, 6.45) is 1.40. The average Bonchev–Trinajstić information content (AvgIpc) is 3.34. The lowest BCUT2D eigenvalue weighted by atomic mass is 10.0. The van der Waals surface area contributed by atoms with E-state index in [1.807, 2.05) is 5.10 Å². The van der Waals surface area contributed by atoms with E-state index in [2.05, 4.69) is 20.6 Å². The summed E-state index contributed by atoms with van der Waals surface area (Å²) < 4.78 is 0.779. The molecule has 20 heteroatoms. The van der Waals surface area contributed by atoms with Crippen LogP contribution in [0.2, 0.25) is 0 Å². The van der Waals surface area contributed by atoms with E-state index in [9.17, 15) is 33.9 Å². The molecular formula is C20H19N9O8S3. The van der Waals surface area contributed by atoms with Crippen molar-refractivity contribution >= 4 is 69.4 Å². The number of carboxylic acid groups (broad SMARTS) is 1. The zero-order valence-electron chi connectivity index (χ0n) is 20.2. The maximum atomic E-state index is 13.0. The number of anilines is 1. The number of primary amides is 1. The minimum atomic E-state index is -1.37. The predicted molar refractivity (Wildman–Crippen MR) is 143 cm³/mol. The van der Waals surface area contributed by atoms with Crippen molar-refractivity contribution in [3.8, 4) is 0 Å². The highest BCUT2D eigenvalue weighted by molar-refractivity contribution is 8.02. The number of β-lactam (4-membered cyclic amide) rings is 1.